The van der Waals surface area contributed by atoms with Crippen LogP contribution in [0.4, 0.5) is 0 Å². The van der Waals surface area contributed by atoms with Crippen LogP contribution in [0.2, 0.25) is 0 Å². The van der Waals surface area contributed by atoms with Gasteiger partial charge < -0.3 is 4.74 Å². The molecule has 1 nitrogen and oxygen atoms in total. The van der Waals surface area contributed by atoms with E-state index in [1.54, 1.807) is 0 Å². The van der Waals surface area contributed by atoms with E-state index in [1.807, 2.05) is 6.07 Å². The maximum Gasteiger partial charge on any atom is 0.0499 e. The molecule has 1 aromatic rings. The third kappa shape index (κ3) is 5.85. The third-order valence-corrected chi connectivity index (χ3v) is 2.93. The van der Waals surface area contributed by atoms with Crippen molar-refractivity contribution in [3.63, 3.8) is 0 Å². The van der Waals surface area contributed by atoms with E-state index >= 15 is 0 Å². The summed E-state index contributed by atoms with van der Waals surface area (Å²) in [4.78, 5) is 0. The molecule has 1 unspecified atom stereocenters. The number of aryl methyl sites for hydroxylation is 1. The quantitative estimate of drug-likeness (QED) is 0.553. The molecule has 1 aromatic carbocycles. The first-order chi connectivity index (χ1) is 7.33. The fourth-order valence-electron chi connectivity index (χ4n) is 1.36. The largest absolute Gasteiger partial charge is 0.381 e. The summed E-state index contributed by atoms with van der Waals surface area (Å²) in [6.07, 6.45) is 2.21. The average Bonchev–Trinajstić information content (AvgIpc) is 2.29. The van der Waals surface area contributed by atoms with Crippen LogP contribution in [0.3, 0.4) is 0 Å². The van der Waals surface area contributed by atoms with Crippen molar-refractivity contribution in [3.05, 3.63) is 35.9 Å². The van der Waals surface area contributed by atoms with Crippen molar-refractivity contribution in [2.45, 2.75) is 19.8 Å². The maximum absolute atomic E-state index is 5.56. The molecule has 0 spiro atoms. The molecule has 0 fully saturated rings. The Morgan fingerprint density at radius 3 is 2.67 bits per heavy atom. The summed E-state index contributed by atoms with van der Waals surface area (Å²) in [6, 6.07) is 10.5. The summed E-state index contributed by atoms with van der Waals surface area (Å²) < 4.78 is 5.56. The van der Waals surface area contributed by atoms with Gasteiger partial charge in [-0.3, -0.25) is 0 Å². The van der Waals surface area contributed by atoms with Crippen molar-refractivity contribution in [1.29, 1.82) is 0 Å². The number of benzene rings is 1. The normalized spacial score (nSPS) is 12.7. The van der Waals surface area contributed by atoms with Crippen LogP contribution in [0.1, 0.15) is 18.9 Å². The first kappa shape index (κ1) is 12.6. The van der Waals surface area contributed by atoms with Crippen LogP contribution in [0.5, 0.6) is 0 Å². The van der Waals surface area contributed by atoms with Gasteiger partial charge in [0.2, 0.25) is 0 Å². The molecule has 15 heavy (non-hydrogen) atoms. The minimum atomic E-state index is 0.560. The SMILES string of the molecule is CC(CS)COCCCc1ccccc1. The predicted octanol–water partition coefficient (Wildman–Crippen LogP) is 3.20. The van der Waals surface area contributed by atoms with Crippen molar-refractivity contribution in [3.8, 4) is 0 Å². The van der Waals surface area contributed by atoms with Crippen LogP contribution in [-0.4, -0.2) is 19.0 Å². The van der Waals surface area contributed by atoms with E-state index in [0.29, 0.717) is 5.92 Å². The van der Waals surface area contributed by atoms with Crippen LogP contribution >= 0.6 is 12.6 Å². The van der Waals surface area contributed by atoms with Crippen molar-refractivity contribution < 1.29 is 4.74 Å². The third-order valence-electron chi connectivity index (χ3n) is 2.31. The highest BCUT2D eigenvalue weighted by Crippen LogP contribution is 2.03. The molecule has 0 aromatic heterocycles. The molecular formula is C13H20OS. The second-order valence-electron chi connectivity index (χ2n) is 3.95. The minimum Gasteiger partial charge on any atom is -0.381 e. The number of hydrogen-bond acceptors (Lipinski definition) is 2. The Balaban J connectivity index is 2.03. The molecule has 1 atom stereocenters. The lowest BCUT2D eigenvalue weighted by Crippen LogP contribution is -2.08. The van der Waals surface area contributed by atoms with Crippen molar-refractivity contribution in [2.75, 3.05) is 19.0 Å². The summed E-state index contributed by atoms with van der Waals surface area (Å²) >= 11 is 4.22. The second-order valence-corrected chi connectivity index (χ2v) is 4.32. The Morgan fingerprint density at radius 2 is 2.00 bits per heavy atom. The van der Waals surface area contributed by atoms with Crippen molar-refractivity contribution in [2.24, 2.45) is 5.92 Å². The fourth-order valence-corrected chi connectivity index (χ4v) is 1.47. The first-order valence-electron chi connectivity index (χ1n) is 5.55. The van der Waals surface area contributed by atoms with Gasteiger partial charge in [0, 0.05) is 13.2 Å². The standard InChI is InChI=1S/C13H20OS/c1-12(11-15)10-14-9-5-8-13-6-3-2-4-7-13/h2-4,6-7,12,15H,5,8-11H2,1H3. The van der Waals surface area contributed by atoms with Crippen LogP contribution in [-0.2, 0) is 11.2 Å². The average molecular weight is 224 g/mol. The van der Waals surface area contributed by atoms with Gasteiger partial charge in [-0.15, -0.1) is 0 Å². The predicted molar refractivity (Wildman–Crippen MR) is 68.6 cm³/mol. The first-order valence-corrected chi connectivity index (χ1v) is 6.18. The van der Waals surface area contributed by atoms with Crippen molar-refractivity contribution >= 4 is 12.6 Å². The molecule has 0 N–H and O–H groups in total. The van der Waals surface area contributed by atoms with Crippen molar-refractivity contribution in [1.82, 2.24) is 0 Å². The monoisotopic (exact) mass is 224 g/mol. The summed E-state index contributed by atoms with van der Waals surface area (Å²) in [5, 5.41) is 0. The Bertz CT molecular complexity index is 248. The molecule has 0 heterocycles. The van der Waals surface area contributed by atoms with Gasteiger partial charge in [0.25, 0.3) is 0 Å². The lowest BCUT2D eigenvalue weighted by atomic mass is 10.1. The van der Waals surface area contributed by atoms with E-state index in [1.165, 1.54) is 5.56 Å². The molecule has 0 bridgehead atoms. The maximum atomic E-state index is 5.56. The summed E-state index contributed by atoms with van der Waals surface area (Å²) in [7, 11) is 0. The zero-order valence-corrected chi connectivity index (χ0v) is 10.2. The summed E-state index contributed by atoms with van der Waals surface area (Å²) in [5.74, 6) is 1.46. The Hall–Kier alpha value is -0.470. The highest BCUT2D eigenvalue weighted by molar-refractivity contribution is 7.80. The molecular weight excluding hydrogens is 204 g/mol. The van der Waals surface area contributed by atoms with Gasteiger partial charge >= 0.3 is 0 Å². The molecule has 0 aliphatic carbocycles. The molecule has 0 saturated carbocycles. The van der Waals surface area contributed by atoms with E-state index < -0.39 is 0 Å². The highest BCUT2D eigenvalue weighted by atomic mass is 32.1. The number of rotatable bonds is 7. The second kappa shape index (κ2) is 7.77. The molecule has 1 rings (SSSR count). The van der Waals surface area contributed by atoms with Crippen LogP contribution < -0.4 is 0 Å². The van der Waals surface area contributed by atoms with Gasteiger partial charge in [0.15, 0.2) is 0 Å². The molecule has 2 heteroatoms. The topological polar surface area (TPSA) is 9.23 Å². The number of thiol groups is 1. The number of hydrogen-bond donors (Lipinski definition) is 1. The van der Waals surface area contributed by atoms with E-state index in [9.17, 15) is 0 Å². The van der Waals surface area contributed by atoms with E-state index in [-0.39, 0.29) is 0 Å². The van der Waals surface area contributed by atoms with Gasteiger partial charge in [-0.05, 0) is 30.1 Å². The molecule has 84 valence electrons. The fraction of sp³-hybridized carbons (Fsp3) is 0.538. The van der Waals surface area contributed by atoms with Crippen LogP contribution in [0, 0.1) is 5.92 Å². The van der Waals surface area contributed by atoms with Gasteiger partial charge in [-0.1, -0.05) is 37.3 Å². The van der Waals surface area contributed by atoms with Crippen LogP contribution in [0.15, 0.2) is 30.3 Å². The smallest absolute Gasteiger partial charge is 0.0499 e. The summed E-state index contributed by atoms with van der Waals surface area (Å²) in [6.45, 7) is 3.84. The van der Waals surface area contributed by atoms with E-state index in [4.69, 9.17) is 4.74 Å². The van der Waals surface area contributed by atoms with Gasteiger partial charge in [-0.25, -0.2) is 0 Å². The zero-order chi connectivity index (χ0) is 10.9. The van der Waals surface area contributed by atoms with Crippen LogP contribution in [0.25, 0.3) is 0 Å². The van der Waals surface area contributed by atoms with E-state index in [0.717, 1.165) is 31.8 Å². The molecule has 0 saturated heterocycles. The zero-order valence-electron chi connectivity index (χ0n) is 9.36. The summed E-state index contributed by atoms with van der Waals surface area (Å²) in [5.41, 5.74) is 1.39. The molecule has 0 radical (unpaired) electrons. The Labute approximate surface area is 98.3 Å². The van der Waals surface area contributed by atoms with Gasteiger partial charge in [-0.2, -0.15) is 12.6 Å². The Kier molecular flexibility index (Phi) is 6.53. The number of ether oxygens (including phenoxy) is 1. The molecule has 0 aliphatic rings. The highest BCUT2D eigenvalue weighted by Gasteiger charge is 1.98. The lowest BCUT2D eigenvalue weighted by Gasteiger charge is -2.08. The lowest BCUT2D eigenvalue weighted by molar-refractivity contribution is 0.109. The van der Waals surface area contributed by atoms with E-state index in [2.05, 4.69) is 43.8 Å². The van der Waals surface area contributed by atoms with Gasteiger partial charge in [0.05, 0.1) is 0 Å². The van der Waals surface area contributed by atoms with Gasteiger partial charge in [0.1, 0.15) is 0 Å². The molecule has 0 amide bonds. The Morgan fingerprint density at radius 1 is 1.27 bits per heavy atom. The molecule has 0 aliphatic heterocycles. The minimum absolute atomic E-state index is 0.560.